The third kappa shape index (κ3) is 3.97. The maximum absolute atomic E-state index is 13.4. The third-order valence-electron chi connectivity index (χ3n) is 5.56. The van der Waals surface area contributed by atoms with Crippen molar-refractivity contribution >= 4 is 22.7 Å². The minimum atomic E-state index is -0.0940. The summed E-state index contributed by atoms with van der Waals surface area (Å²) in [7, 11) is 0. The number of carbonyl (C=O) groups is 1. The fraction of sp³-hybridized carbons (Fsp3) is 0.200. The number of pyridine rings is 1. The van der Waals surface area contributed by atoms with Crippen molar-refractivity contribution in [3.05, 3.63) is 90.3 Å². The zero-order valence-corrected chi connectivity index (χ0v) is 17.1. The lowest BCUT2D eigenvalue weighted by molar-refractivity contribution is 0.0713. The van der Waals surface area contributed by atoms with Gasteiger partial charge in [0.05, 0.1) is 0 Å². The number of carbonyl (C=O) groups excluding carboxylic acids is 1. The van der Waals surface area contributed by atoms with Crippen LogP contribution in [0.25, 0.3) is 11.0 Å². The van der Waals surface area contributed by atoms with Gasteiger partial charge in [0.1, 0.15) is 23.8 Å². The highest BCUT2D eigenvalue weighted by molar-refractivity contribution is 5.99. The Hall–Kier alpha value is -3.80. The lowest BCUT2D eigenvalue weighted by atomic mass is 10.1. The average molecular weight is 413 g/mol. The SMILES string of the molecule is O=C(c1oc2ccccc2c1COc1ccccc1)N1CCN(c2ccccn2)CC1. The van der Waals surface area contributed by atoms with E-state index in [0.29, 0.717) is 24.4 Å². The van der Waals surface area contributed by atoms with Gasteiger partial charge in [0.2, 0.25) is 0 Å². The van der Waals surface area contributed by atoms with Crippen molar-refractivity contribution < 1.29 is 13.9 Å². The number of furan rings is 1. The van der Waals surface area contributed by atoms with Gasteiger partial charge in [-0.2, -0.15) is 0 Å². The van der Waals surface area contributed by atoms with Crippen LogP contribution in [0, 0.1) is 0 Å². The van der Waals surface area contributed by atoms with Gasteiger partial charge in [-0.3, -0.25) is 4.79 Å². The van der Waals surface area contributed by atoms with Gasteiger partial charge in [-0.15, -0.1) is 0 Å². The maximum Gasteiger partial charge on any atom is 0.290 e. The Morgan fingerprint density at radius 3 is 2.42 bits per heavy atom. The minimum absolute atomic E-state index is 0.0940. The van der Waals surface area contributed by atoms with Crippen molar-refractivity contribution in [2.24, 2.45) is 0 Å². The van der Waals surface area contributed by atoms with Crippen LogP contribution in [0.3, 0.4) is 0 Å². The number of piperazine rings is 1. The number of rotatable bonds is 5. The fourth-order valence-electron chi connectivity index (χ4n) is 3.91. The number of anilines is 1. The van der Waals surface area contributed by atoms with Gasteiger partial charge >= 0.3 is 0 Å². The van der Waals surface area contributed by atoms with Crippen LogP contribution in [-0.4, -0.2) is 42.0 Å². The standard InChI is InChI=1S/C25H23N3O3/c29-25(28-16-14-27(15-17-28)23-12-6-7-13-26-23)24-21(18-30-19-8-2-1-3-9-19)20-10-4-5-11-22(20)31-24/h1-13H,14-18H2. The second kappa shape index (κ2) is 8.52. The first-order valence-electron chi connectivity index (χ1n) is 10.4. The number of aromatic nitrogens is 1. The third-order valence-corrected chi connectivity index (χ3v) is 5.56. The Labute approximate surface area is 180 Å². The molecule has 0 spiro atoms. The normalized spacial score (nSPS) is 14.1. The number of amides is 1. The number of para-hydroxylation sites is 2. The Balaban J connectivity index is 1.36. The molecule has 156 valence electrons. The molecule has 1 fully saturated rings. The predicted molar refractivity (Wildman–Crippen MR) is 119 cm³/mol. The molecule has 1 aliphatic heterocycles. The van der Waals surface area contributed by atoms with Crippen molar-refractivity contribution in [1.29, 1.82) is 0 Å². The summed E-state index contributed by atoms with van der Waals surface area (Å²) in [5.74, 6) is 1.97. The topological polar surface area (TPSA) is 58.8 Å². The molecule has 0 N–H and O–H groups in total. The van der Waals surface area contributed by atoms with Gasteiger partial charge in [0.25, 0.3) is 5.91 Å². The molecule has 0 atom stereocenters. The first-order chi connectivity index (χ1) is 15.3. The van der Waals surface area contributed by atoms with Gasteiger partial charge in [-0.1, -0.05) is 42.5 Å². The van der Waals surface area contributed by atoms with Gasteiger partial charge in [0.15, 0.2) is 5.76 Å². The quantitative estimate of drug-likeness (QED) is 0.486. The first-order valence-corrected chi connectivity index (χ1v) is 10.4. The van der Waals surface area contributed by atoms with Gasteiger partial charge in [-0.05, 0) is 30.3 Å². The monoisotopic (exact) mass is 413 g/mol. The lowest BCUT2D eigenvalue weighted by Gasteiger charge is -2.35. The molecule has 0 aliphatic carbocycles. The molecule has 1 aliphatic rings. The van der Waals surface area contributed by atoms with Gasteiger partial charge in [0, 0.05) is 43.3 Å². The molecule has 0 bridgehead atoms. The van der Waals surface area contributed by atoms with Crippen LogP contribution < -0.4 is 9.64 Å². The highest BCUT2D eigenvalue weighted by Crippen LogP contribution is 2.29. The molecule has 2 aromatic carbocycles. The molecule has 6 nitrogen and oxygen atoms in total. The molecule has 31 heavy (non-hydrogen) atoms. The molecule has 1 saturated heterocycles. The van der Waals surface area contributed by atoms with Crippen LogP contribution in [0.4, 0.5) is 5.82 Å². The highest BCUT2D eigenvalue weighted by atomic mass is 16.5. The number of hydrogen-bond donors (Lipinski definition) is 0. The van der Waals surface area contributed by atoms with E-state index in [1.165, 1.54) is 0 Å². The summed E-state index contributed by atoms with van der Waals surface area (Å²) in [5.41, 5.74) is 1.49. The van der Waals surface area contributed by atoms with E-state index in [2.05, 4.69) is 9.88 Å². The maximum atomic E-state index is 13.4. The zero-order chi connectivity index (χ0) is 21.0. The van der Waals surface area contributed by atoms with Crippen LogP contribution in [0.1, 0.15) is 16.1 Å². The van der Waals surface area contributed by atoms with E-state index < -0.39 is 0 Å². The predicted octanol–water partition coefficient (Wildman–Crippen LogP) is 4.37. The fourth-order valence-corrected chi connectivity index (χ4v) is 3.91. The molecule has 3 heterocycles. The molecule has 0 unspecified atom stereocenters. The minimum Gasteiger partial charge on any atom is -0.489 e. The van der Waals surface area contributed by atoms with Crippen LogP contribution in [0.15, 0.2) is 83.4 Å². The first kappa shape index (κ1) is 19.2. The molecule has 4 aromatic rings. The molecular weight excluding hydrogens is 390 g/mol. The Morgan fingerprint density at radius 1 is 0.903 bits per heavy atom. The molecule has 0 saturated carbocycles. The molecular formula is C25H23N3O3. The summed E-state index contributed by atoms with van der Waals surface area (Å²) in [4.78, 5) is 21.8. The summed E-state index contributed by atoms with van der Waals surface area (Å²) >= 11 is 0. The highest BCUT2D eigenvalue weighted by Gasteiger charge is 2.28. The Morgan fingerprint density at radius 2 is 1.65 bits per heavy atom. The molecule has 2 aromatic heterocycles. The van der Waals surface area contributed by atoms with Crippen molar-refractivity contribution in [2.75, 3.05) is 31.1 Å². The summed E-state index contributed by atoms with van der Waals surface area (Å²) in [6, 6.07) is 23.2. The number of hydrogen-bond acceptors (Lipinski definition) is 5. The molecule has 0 radical (unpaired) electrons. The Bertz CT molecular complexity index is 1170. The summed E-state index contributed by atoms with van der Waals surface area (Å²) in [6.45, 7) is 2.98. The van der Waals surface area contributed by atoms with E-state index in [-0.39, 0.29) is 12.5 Å². The van der Waals surface area contributed by atoms with Crippen molar-refractivity contribution in [3.8, 4) is 5.75 Å². The molecule has 1 amide bonds. The smallest absolute Gasteiger partial charge is 0.290 e. The van der Waals surface area contributed by atoms with Gasteiger partial charge < -0.3 is 19.0 Å². The number of nitrogens with zero attached hydrogens (tertiary/aromatic N) is 3. The molecule has 5 rings (SSSR count). The second-order valence-electron chi connectivity index (χ2n) is 7.47. The van der Waals surface area contributed by atoms with Crippen molar-refractivity contribution in [3.63, 3.8) is 0 Å². The van der Waals surface area contributed by atoms with Crippen LogP contribution in [-0.2, 0) is 6.61 Å². The lowest BCUT2D eigenvalue weighted by Crippen LogP contribution is -2.49. The van der Waals surface area contributed by atoms with E-state index in [1.807, 2.05) is 77.7 Å². The van der Waals surface area contributed by atoms with E-state index in [9.17, 15) is 4.79 Å². The van der Waals surface area contributed by atoms with Crippen LogP contribution in [0.5, 0.6) is 5.75 Å². The van der Waals surface area contributed by atoms with E-state index >= 15 is 0 Å². The number of ether oxygens (including phenoxy) is 1. The van der Waals surface area contributed by atoms with E-state index in [1.54, 1.807) is 6.20 Å². The number of fused-ring (bicyclic) bond motifs is 1. The van der Waals surface area contributed by atoms with E-state index in [4.69, 9.17) is 9.15 Å². The van der Waals surface area contributed by atoms with Crippen molar-refractivity contribution in [2.45, 2.75) is 6.61 Å². The van der Waals surface area contributed by atoms with E-state index in [0.717, 1.165) is 35.6 Å². The summed E-state index contributed by atoms with van der Waals surface area (Å²) < 4.78 is 12.0. The van der Waals surface area contributed by atoms with Crippen LogP contribution in [0.2, 0.25) is 0 Å². The van der Waals surface area contributed by atoms with Crippen molar-refractivity contribution in [1.82, 2.24) is 9.88 Å². The zero-order valence-electron chi connectivity index (χ0n) is 17.1. The molecule has 6 heteroatoms. The van der Waals surface area contributed by atoms with Gasteiger partial charge in [-0.25, -0.2) is 4.98 Å². The van der Waals surface area contributed by atoms with Crippen LogP contribution >= 0.6 is 0 Å². The largest absolute Gasteiger partial charge is 0.489 e. The Kier molecular flexibility index (Phi) is 5.27. The average Bonchev–Trinajstić information content (AvgIpc) is 3.22. The summed E-state index contributed by atoms with van der Waals surface area (Å²) in [5, 5.41) is 0.911. The number of benzene rings is 2. The summed E-state index contributed by atoms with van der Waals surface area (Å²) in [6.07, 6.45) is 1.79. The second-order valence-corrected chi connectivity index (χ2v) is 7.47.